The Morgan fingerprint density at radius 1 is 1.27 bits per heavy atom. The number of benzene rings is 1. The molecule has 33 heavy (non-hydrogen) atoms. The number of hydrogen-bond acceptors (Lipinski definition) is 5. The number of imidazole rings is 1. The summed E-state index contributed by atoms with van der Waals surface area (Å²) in [7, 11) is 0. The number of pyridine rings is 1. The fourth-order valence-electron chi connectivity index (χ4n) is 5.21. The molecule has 2 aliphatic rings. The van der Waals surface area contributed by atoms with Crippen molar-refractivity contribution in [3.05, 3.63) is 53.9 Å². The summed E-state index contributed by atoms with van der Waals surface area (Å²) in [5.41, 5.74) is 3.94. The van der Waals surface area contributed by atoms with Crippen molar-refractivity contribution in [2.45, 2.75) is 26.8 Å². The Labute approximate surface area is 190 Å². The molecule has 2 saturated heterocycles. The molecule has 1 amide bonds. The van der Waals surface area contributed by atoms with E-state index < -0.39 is 5.82 Å². The zero-order valence-corrected chi connectivity index (χ0v) is 18.7. The molecule has 0 atom stereocenters. The van der Waals surface area contributed by atoms with Crippen LogP contribution in [0.3, 0.4) is 0 Å². The molecule has 5 heterocycles. The van der Waals surface area contributed by atoms with Crippen molar-refractivity contribution < 1.29 is 9.18 Å². The lowest BCUT2D eigenvalue weighted by Crippen LogP contribution is -2.57. The van der Waals surface area contributed by atoms with Gasteiger partial charge < -0.3 is 19.9 Å². The smallest absolute Gasteiger partial charge is 0.257 e. The Hall–Kier alpha value is -3.46. The third-order valence-electron chi connectivity index (χ3n) is 6.88. The van der Waals surface area contributed by atoms with Crippen LogP contribution < -0.4 is 15.5 Å². The monoisotopic (exact) mass is 447 g/mol. The van der Waals surface area contributed by atoms with Crippen LogP contribution in [-0.4, -0.2) is 51.3 Å². The van der Waals surface area contributed by atoms with Gasteiger partial charge in [0.15, 0.2) is 11.5 Å². The minimum Gasteiger partial charge on any atom is -0.370 e. The average molecular weight is 448 g/mol. The minimum atomic E-state index is -0.482. The van der Waals surface area contributed by atoms with E-state index in [0.717, 1.165) is 37.3 Å². The Morgan fingerprint density at radius 3 is 2.88 bits per heavy atom. The van der Waals surface area contributed by atoms with Crippen LogP contribution in [0.2, 0.25) is 0 Å². The summed E-state index contributed by atoms with van der Waals surface area (Å²) in [4.78, 5) is 19.8. The Kier molecular flexibility index (Phi) is 4.45. The fraction of sp³-hybridized carbons (Fsp3) is 0.375. The van der Waals surface area contributed by atoms with Gasteiger partial charge in [-0.05, 0) is 38.9 Å². The molecule has 4 aromatic rings. The Balaban J connectivity index is 1.33. The van der Waals surface area contributed by atoms with E-state index in [-0.39, 0.29) is 11.6 Å². The first-order valence-corrected chi connectivity index (χ1v) is 11.4. The minimum absolute atomic E-state index is 0.240. The lowest BCUT2D eigenvalue weighted by Gasteiger charge is -2.49. The first kappa shape index (κ1) is 20.2. The molecule has 0 radical (unpaired) electrons. The number of fused-ring (bicyclic) bond motifs is 2. The van der Waals surface area contributed by atoms with Gasteiger partial charge in [-0.15, -0.1) is 0 Å². The molecule has 0 unspecified atom stereocenters. The second-order valence-electron chi connectivity index (χ2n) is 9.31. The summed E-state index contributed by atoms with van der Waals surface area (Å²) < 4.78 is 17.9. The highest BCUT2D eigenvalue weighted by Crippen LogP contribution is 2.41. The maximum Gasteiger partial charge on any atom is 0.257 e. The molecule has 6 rings (SSSR count). The maximum atomic E-state index is 14.5. The van der Waals surface area contributed by atoms with Crippen LogP contribution in [0.25, 0.3) is 16.6 Å². The van der Waals surface area contributed by atoms with Crippen LogP contribution in [0, 0.1) is 18.2 Å². The molecule has 2 aliphatic heterocycles. The molecule has 1 aromatic carbocycles. The van der Waals surface area contributed by atoms with Crippen molar-refractivity contribution in [1.29, 1.82) is 0 Å². The number of amides is 1. The van der Waals surface area contributed by atoms with Crippen molar-refractivity contribution >= 4 is 33.8 Å². The van der Waals surface area contributed by atoms with E-state index in [1.54, 1.807) is 23.7 Å². The van der Waals surface area contributed by atoms with Crippen molar-refractivity contribution in [3.63, 3.8) is 0 Å². The zero-order valence-electron chi connectivity index (χ0n) is 18.7. The molecule has 3 aromatic heterocycles. The van der Waals surface area contributed by atoms with E-state index >= 15 is 0 Å². The van der Waals surface area contributed by atoms with Gasteiger partial charge in [0.25, 0.3) is 5.91 Å². The highest BCUT2D eigenvalue weighted by molar-refractivity contribution is 6.14. The SMILES string of the molecule is CCn1cc2c(N3CC4(CCNC4)C3)ccc(C(=O)Nc3cc(F)c4nc(C)cn4c3)c2n1. The van der Waals surface area contributed by atoms with Crippen molar-refractivity contribution in [2.24, 2.45) is 5.41 Å². The van der Waals surface area contributed by atoms with Crippen LogP contribution in [0.5, 0.6) is 0 Å². The zero-order chi connectivity index (χ0) is 22.7. The molecule has 0 saturated carbocycles. The summed E-state index contributed by atoms with van der Waals surface area (Å²) in [5.74, 6) is -0.798. The molecule has 8 nitrogen and oxygen atoms in total. The van der Waals surface area contributed by atoms with E-state index in [0.29, 0.717) is 34.4 Å². The summed E-state index contributed by atoms with van der Waals surface area (Å²) in [5, 5.41) is 12.0. The number of rotatable bonds is 4. The number of halogens is 1. The number of nitrogens with zero attached hydrogens (tertiary/aromatic N) is 5. The summed E-state index contributed by atoms with van der Waals surface area (Å²) in [6.45, 7) is 8.73. The van der Waals surface area contributed by atoms with Crippen LogP contribution >= 0.6 is 0 Å². The van der Waals surface area contributed by atoms with Gasteiger partial charge in [0.1, 0.15) is 5.52 Å². The summed E-state index contributed by atoms with van der Waals surface area (Å²) in [6, 6.07) is 5.14. The molecule has 0 bridgehead atoms. The van der Waals surface area contributed by atoms with Gasteiger partial charge in [-0.1, -0.05) is 0 Å². The van der Waals surface area contributed by atoms with E-state index in [9.17, 15) is 9.18 Å². The van der Waals surface area contributed by atoms with E-state index in [4.69, 9.17) is 0 Å². The molecular formula is C24H26FN7O. The highest BCUT2D eigenvalue weighted by Gasteiger charge is 2.45. The maximum absolute atomic E-state index is 14.5. The Bertz CT molecular complexity index is 1390. The van der Waals surface area contributed by atoms with Crippen LogP contribution in [-0.2, 0) is 6.54 Å². The van der Waals surface area contributed by atoms with Crippen LogP contribution in [0.15, 0.2) is 36.8 Å². The molecule has 0 aliphatic carbocycles. The average Bonchev–Trinajstić information content (AvgIpc) is 3.49. The van der Waals surface area contributed by atoms with Crippen LogP contribution in [0.1, 0.15) is 29.4 Å². The lowest BCUT2D eigenvalue weighted by atomic mass is 9.78. The largest absolute Gasteiger partial charge is 0.370 e. The van der Waals surface area contributed by atoms with Gasteiger partial charge in [0.05, 0.1) is 16.9 Å². The number of aromatic nitrogens is 4. The molecule has 9 heteroatoms. The third kappa shape index (κ3) is 3.26. The lowest BCUT2D eigenvalue weighted by molar-refractivity contribution is 0.102. The van der Waals surface area contributed by atoms with E-state index in [1.807, 2.05) is 29.9 Å². The van der Waals surface area contributed by atoms with Gasteiger partial charge >= 0.3 is 0 Å². The number of anilines is 2. The second kappa shape index (κ2) is 7.28. The van der Waals surface area contributed by atoms with Gasteiger partial charge in [-0.3, -0.25) is 9.48 Å². The van der Waals surface area contributed by atoms with Crippen molar-refractivity contribution in [2.75, 3.05) is 36.4 Å². The standard InChI is InChI=1S/C24H26FN7O/c1-3-32-11-18-20(31-13-24(14-31)6-7-26-12-24)5-4-17(21(18)29-32)23(33)28-16-8-19(25)22-27-15(2)9-30(22)10-16/h4-5,8-11,26H,3,6-7,12-14H2,1-2H3,(H,28,33). The second-order valence-corrected chi connectivity index (χ2v) is 9.31. The highest BCUT2D eigenvalue weighted by atomic mass is 19.1. The third-order valence-corrected chi connectivity index (χ3v) is 6.88. The summed E-state index contributed by atoms with van der Waals surface area (Å²) >= 11 is 0. The Morgan fingerprint density at radius 2 is 2.12 bits per heavy atom. The predicted octanol–water partition coefficient (Wildman–Crippen LogP) is 3.20. The van der Waals surface area contributed by atoms with Gasteiger partial charge in [0.2, 0.25) is 0 Å². The number of nitrogens with one attached hydrogen (secondary N) is 2. The van der Waals surface area contributed by atoms with Gasteiger partial charge in [-0.25, -0.2) is 9.37 Å². The van der Waals surface area contributed by atoms with E-state index in [2.05, 4.69) is 25.6 Å². The van der Waals surface area contributed by atoms with Crippen molar-refractivity contribution in [1.82, 2.24) is 24.5 Å². The van der Waals surface area contributed by atoms with Crippen molar-refractivity contribution in [3.8, 4) is 0 Å². The first-order chi connectivity index (χ1) is 15.9. The number of carbonyl (C=O) groups excluding carboxylic acids is 1. The topological polar surface area (TPSA) is 79.5 Å². The molecule has 2 N–H and O–H groups in total. The van der Waals surface area contributed by atoms with Crippen LogP contribution in [0.4, 0.5) is 15.8 Å². The number of carbonyl (C=O) groups is 1. The molecule has 1 spiro atoms. The van der Waals surface area contributed by atoms with E-state index in [1.165, 1.54) is 12.5 Å². The number of aryl methyl sites for hydroxylation is 2. The fourth-order valence-corrected chi connectivity index (χ4v) is 5.21. The number of hydrogen-bond donors (Lipinski definition) is 2. The molecular weight excluding hydrogens is 421 g/mol. The predicted molar refractivity (Wildman–Crippen MR) is 125 cm³/mol. The normalized spacial score (nSPS) is 17.2. The molecule has 170 valence electrons. The first-order valence-electron chi connectivity index (χ1n) is 11.4. The molecule has 2 fully saturated rings. The summed E-state index contributed by atoms with van der Waals surface area (Å²) in [6.07, 6.45) is 6.61. The quantitative estimate of drug-likeness (QED) is 0.502. The van der Waals surface area contributed by atoms with Gasteiger partial charge in [0, 0.05) is 67.3 Å². The van der Waals surface area contributed by atoms with Gasteiger partial charge in [-0.2, -0.15) is 5.10 Å².